The molecule has 0 radical (unpaired) electrons. The Morgan fingerprint density at radius 2 is 1.22 bits per heavy atom. The first-order valence-electron chi connectivity index (χ1n) is 1.50. The maximum absolute atomic E-state index is 7.74. The first-order valence-corrected chi connectivity index (χ1v) is 1.50. The van der Waals surface area contributed by atoms with Crippen molar-refractivity contribution in [3.8, 4) is 0 Å². The van der Waals surface area contributed by atoms with Crippen LogP contribution in [0.25, 0.3) is 0 Å². The molecular formula is H7B2BaLiO5. The van der Waals surface area contributed by atoms with Crippen molar-refractivity contribution in [2.24, 2.45) is 0 Å². The van der Waals surface area contributed by atoms with E-state index in [4.69, 9.17) is 20.1 Å². The van der Waals surface area contributed by atoms with Crippen LogP contribution >= 0.6 is 0 Å². The van der Waals surface area contributed by atoms with Crippen molar-refractivity contribution < 1.29 is 47.8 Å². The minimum atomic E-state index is -2.13. The summed E-state index contributed by atoms with van der Waals surface area (Å²) < 4.78 is 3.47. The molecule has 0 aliphatic rings. The van der Waals surface area contributed by atoms with Crippen LogP contribution in [-0.2, 0) is 4.57 Å². The van der Waals surface area contributed by atoms with Crippen LogP contribution < -0.4 is 18.9 Å². The molecule has 0 aromatic carbocycles. The number of rotatable bonds is 2. The Balaban J connectivity index is -0.0000000180. The zero-order valence-electron chi connectivity index (χ0n) is 8.06. The Bertz CT molecular complexity index is 54.0. The van der Waals surface area contributed by atoms with E-state index in [0.717, 1.165) is 0 Å². The number of hydrogen-bond donors (Lipinski definition) is 4. The Morgan fingerprint density at radius 3 is 1.22 bits per heavy atom. The minimum Gasteiger partial charge on any atom is -1.00 e. The fraction of sp³-hybridized carbons (Fsp3) is 0. The fourth-order valence-electron chi connectivity index (χ4n) is 0.109. The summed E-state index contributed by atoms with van der Waals surface area (Å²) in [7, 11) is -4.25. The Morgan fingerprint density at radius 1 is 1.00 bits per heavy atom. The molecule has 9 heteroatoms. The first kappa shape index (κ1) is 17.3. The second kappa shape index (κ2) is 10.1. The van der Waals surface area contributed by atoms with E-state index in [0.29, 0.717) is 0 Å². The van der Waals surface area contributed by atoms with E-state index in [1.54, 1.807) is 0 Å². The van der Waals surface area contributed by atoms with E-state index in [1.165, 1.54) is 0 Å². The zero-order valence-corrected chi connectivity index (χ0v) is 9.50. The van der Waals surface area contributed by atoms with Gasteiger partial charge in [0.25, 0.3) is 0 Å². The van der Waals surface area contributed by atoms with E-state index < -0.39 is 14.6 Å². The van der Waals surface area contributed by atoms with Crippen LogP contribution in [0.4, 0.5) is 0 Å². The molecule has 9 heavy (non-hydrogen) atoms. The molecule has 0 heterocycles. The van der Waals surface area contributed by atoms with Gasteiger partial charge in [-0.3, -0.25) is 0 Å². The molecule has 0 aromatic heterocycles. The van der Waals surface area contributed by atoms with Crippen molar-refractivity contribution in [3.63, 3.8) is 0 Å². The number of hydrogen-bond acceptors (Lipinski definition) is 5. The van der Waals surface area contributed by atoms with Gasteiger partial charge in [0.2, 0.25) is 0 Å². The van der Waals surface area contributed by atoms with Crippen LogP contribution in [0, 0.1) is 0 Å². The second-order valence-corrected chi connectivity index (χ2v) is 0.789. The molecule has 0 amide bonds. The second-order valence-electron chi connectivity index (χ2n) is 0.789. The van der Waals surface area contributed by atoms with Crippen molar-refractivity contribution >= 4 is 63.5 Å². The molecule has 0 saturated heterocycles. The molecular weight excluding hydrogens is 246 g/mol. The van der Waals surface area contributed by atoms with Gasteiger partial charge in [0, 0.05) is 0 Å². The predicted molar refractivity (Wildman–Crippen MR) is 30.6 cm³/mol. The maximum Gasteiger partial charge on any atom is 2.00 e. The molecule has 0 fully saturated rings. The Hall–Kier alpha value is 2.10. The summed E-state index contributed by atoms with van der Waals surface area (Å²) in [6.45, 7) is 0. The van der Waals surface area contributed by atoms with Crippen molar-refractivity contribution in [1.29, 1.82) is 0 Å². The molecule has 0 rings (SSSR count). The molecule has 0 aliphatic carbocycles. The van der Waals surface area contributed by atoms with Crippen LogP contribution in [0.2, 0.25) is 0 Å². The topological polar surface area (TPSA) is 90.2 Å². The van der Waals surface area contributed by atoms with Crippen LogP contribution in [0.3, 0.4) is 0 Å². The standard InChI is InChI=1S/B2H4O5.Ba.Li.3H/c3-1(4)7-2(5)6;;;;;/h3-6H;;;;;/q;+2;+1;3*-1. The third-order valence-corrected chi connectivity index (χ3v) is 0.243. The summed E-state index contributed by atoms with van der Waals surface area (Å²) in [5.74, 6) is 0. The average Bonchev–Trinajstić information content (AvgIpc) is 1.27. The minimum absolute atomic E-state index is 0. The summed E-state index contributed by atoms with van der Waals surface area (Å²) in [5.41, 5.74) is 0. The van der Waals surface area contributed by atoms with Crippen molar-refractivity contribution in [2.75, 3.05) is 0 Å². The molecule has 46 valence electrons. The maximum atomic E-state index is 7.74. The van der Waals surface area contributed by atoms with E-state index >= 15 is 0 Å². The van der Waals surface area contributed by atoms with Crippen molar-refractivity contribution in [2.45, 2.75) is 0 Å². The summed E-state index contributed by atoms with van der Waals surface area (Å²) in [6, 6.07) is 0. The van der Waals surface area contributed by atoms with Gasteiger partial charge in [-0.15, -0.1) is 0 Å². The molecule has 0 saturated carbocycles. The third-order valence-electron chi connectivity index (χ3n) is 0.243. The van der Waals surface area contributed by atoms with E-state index in [9.17, 15) is 0 Å². The molecule has 0 spiro atoms. The molecule has 5 nitrogen and oxygen atoms in total. The first-order chi connectivity index (χ1) is 3.13. The van der Waals surface area contributed by atoms with E-state index in [1.807, 2.05) is 0 Å². The van der Waals surface area contributed by atoms with Gasteiger partial charge in [0.1, 0.15) is 0 Å². The smallest absolute Gasteiger partial charge is 1.00 e. The van der Waals surface area contributed by atoms with E-state index in [-0.39, 0.29) is 72.0 Å². The largest absolute Gasteiger partial charge is 2.00 e. The Kier molecular flexibility index (Phi) is 19.4. The molecule has 0 bridgehead atoms. The molecule has 0 aliphatic heterocycles. The quantitative estimate of drug-likeness (QED) is 0.368. The van der Waals surface area contributed by atoms with Gasteiger partial charge in [-0.2, -0.15) is 0 Å². The van der Waals surface area contributed by atoms with Gasteiger partial charge < -0.3 is 28.9 Å². The third kappa shape index (κ3) is 17.8. The monoisotopic (exact) mass is 254 g/mol. The van der Waals surface area contributed by atoms with Gasteiger partial charge in [-0.1, -0.05) is 0 Å². The zero-order chi connectivity index (χ0) is 5.86. The van der Waals surface area contributed by atoms with Gasteiger partial charge in [0.15, 0.2) is 0 Å². The fourth-order valence-corrected chi connectivity index (χ4v) is 0.109. The molecule has 0 aromatic rings. The summed E-state index contributed by atoms with van der Waals surface area (Å²) in [4.78, 5) is 0. The van der Waals surface area contributed by atoms with Crippen molar-refractivity contribution in [3.05, 3.63) is 0 Å². The summed E-state index contributed by atoms with van der Waals surface area (Å²) in [6.07, 6.45) is 0. The molecule has 0 unspecified atom stereocenters. The SMILES string of the molecule is OB(O)OB(O)O.[Ba+2].[H-].[H-].[H-].[Li+]. The van der Waals surface area contributed by atoms with Gasteiger partial charge >= 0.3 is 82.4 Å². The summed E-state index contributed by atoms with van der Waals surface area (Å²) in [5, 5.41) is 30.9. The molecule has 4 N–H and O–H groups in total. The van der Waals surface area contributed by atoms with Gasteiger partial charge in [-0.25, -0.2) is 0 Å². The average molecular weight is 253 g/mol. The predicted octanol–water partition coefficient (Wildman–Crippen LogP) is -6.10. The molecule has 0 atom stereocenters. The van der Waals surface area contributed by atoms with Crippen LogP contribution in [-0.4, -0.2) is 83.6 Å². The normalized spacial score (nSPS) is 6.67. The van der Waals surface area contributed by atoms with E-state index in [2.05, 4.69) is 4.57 Å². The van der Waals surface area contributed by atoms with Gasteiger partial charge in [-0.05, 0) is 0 Å². The van der Waals surface area contributed by atoms with Crippen LogP contribution in [0.15, 0.2) is 0 Å². The van der Waals surface area contributed by atoms with Crippen LogP contribution in [0.5, 0.6) is 0 Å². The Labute approximate surface area is 110 Å². The van der Waals surface area contributed by atoms with Crippen LogP contribution in [0.1, 0.15) is 4.28 Å². The van der Waals surface area contributed by atoms with Crippen molar-refractivity contribution in [1.82, 2.24) is 0 Å². The summed E-state index contributed by atoms with van der Waals surface area (Å²) >= 11 is 0. The van der Waals surface area contributed by atoms with Gasteiger partial charge in [0.05, 0.1) is 0 Å².